The Labute approximate surface area is 115 Å². The van der Waals surface area contributed by atoms with Crippen molar-refractivity contribution in [3.8, 4) is 0 Å². The van der Waals surface area contributed by atoms with E-state index in [-0.39, 0.29) is 0 Å². The number of halogens is 15. The third-order valence-electron chi connectivity index (χ3n) is 2.37. The van der Waals surface area contributed by atoms with E-state index >= 15 is 0 Å². The molecule has 0 aromatic carbocycles. The van der Waals surface area contributed by atoms with Gasteiger partial charge in [0.2, 0.25) is 0 Å². The fraction of sp³-hybridized carbons (Fsp3) is 1.00. The summed E-state index contributed by atoms with van der Waals surface area (Å²) in [5.41, 5.74) is 0. The van der Waals surface area contributed by atoms with Crippen LogP contribution in [0.25, 0.3) is 0 Å². The van der Waals surface area contributed by atoms with E-state index in [1.54, 1.807) is 0 Å². The van der Waals surface area contributed by atoms with Crippen LogP contribution in [0.2, 0.25) is 0 Å². The summed E-state index contributed by atoms with van der Waals surface area (Å²) < 4.78 is 184. The van der Waals surface area contributed by atoms with Gasteiger partial charge in [0.1, 0.15) is 6.80 Å². The number of hydrogen-bond acceptors (Lipinski definition) is 1. The molecule has 0 N–H and O–H groups in total. The van der Waals surface area contributed by atoms with Gasteiger partial charge in [0.05, 0.1) is 0 Å². The van der Waals surface area contributed by atoms with Gasteiger partial charge in [0, 0.05) is 0 Å². The van der Waals surface area contributed by atoms with E-state index in [1.807, 2.05) is 0 Å². The highest BCUT2D eigenvalue weighted by atomic mass is 19.4. The molecule has 0 unspecified atom stereocenters. The number of alkyl halides is 15. The maximum absolute atomic E-state index is 13.2. The van der Waals surface area contributed by atoms with Crippen molar-refractivity contribution in [1.82, 2.24) is 4.90 Å². The minimum Gasteiger partial charge on any atom is -0.234 e. The normalized spacial score (nSPS) is 16.2. The average Bonchev–Trinajstić information content (AvgIpc) is 2.22. The molecule has 0 spiro atoms. The third-order valence-corrected chi connectivity index (χ3v) is 2.37. The van der Waals surface area contributed by atoms with Crippen LogP contribution in [0.1, 0.15) is 0 Å². The van der Waals surface area contributed by atoms with Crippen molar-refractivity contribution in [1.29, 1.82) is 0 Å². The van der Waals surface area contributed by atoms with Crippen molar-refractivity contribution >= 4 is 0 Å². The van der Waals surface area contributed by atoms with Gasteiger partial charge < -0.3 is 0 Å². The van der Waals surface area contributed by atoms with Crippen molar-refractivity contribution in [2.75, 3.05) is 6.80 Å². The van der Waals surface area contributed by atoms with Gasteiger partial charge in [-0.05, 0) is 0 Å². The molecule has 1 nitrogen and oxygen atoms in total. The lowest BCUT2D eigenvalue weighted by Gasteiger charge is -2.45. The molecule has 16 heteroatoms. The lowest BCUT2D eigenvalue weighted by Crippen LogP contribution is -2.76. The van der Waals surface area contributed by atoms with Crippen LogP contribution in [0, 0.1) is 0 Å². The summed E-state index contributed by atoms with van der Waals surface area (Å²) in [4.78, 5) is -3.67. The van der Waals surface area contributed by atoms with Crippen LogP contribution in [0.5, 0.6) is 0 Å². The van der Waals surface area contributed by atoms with E-state index in [9.17, 15) is 65.9 Å². The lowest BCUT2D eigenvalue weighted by atomic mass is 10.1. The van der Waals surface area contributed by atoms with Gasteiger partial charge in [-0.15, -0.1) is 0 Å². The van der Waals surface area contributed by atoms with Crippen LogP contribution in [-0.2, 0) is 0 Å². The first-order valence-corrected chi connectivity index (χ1v) is 4.68. The standard InChI is InChI=1S/C7H2F15N/c8-1-23(2(9,4(11,12)13)5(14,15)16)3(10,6(17,18)19)7(20,21)22/h1H2. The molecule has 0 aliphatic carbocycles. The lowest BCUT2D eigenvalue weighted by molar-refractivity contribution is -0.470. The van der Waals surface area contributed by atoms with Gasteiger partial charge in [-0.1, -0.05) is 0 Å². The van der Waals surface area contributed by atoms with Gasteiger partial charge in [0.25, 0.3) is 0 Å². The maximum Gasteiger partial charge on any atom is 0.446 e. The molecule has 0 aromatic heterocycles. The van der Waals surface area contributed by atoms with Crippen molar-refractivity contribution < 1.29 is 65.9 Å². The fourth-order valence-electron chi connectivity index (χ4n) is 1.31. The fourth-order valence-corrected chi connectivity index (χ4v) is 1.31. The van der Waals surface area contributed by atoms with Crippen LogP contribution in [0.4, 0.5) is 65.9 Å². The summed E-state index contributed by atoms with van der Waals surface area (Å²) in [5.74, 6) is -15.2. The van der Waals surface area contributed by atoms with E-state index in [0.29, 0.717) is 0 Å². The molecular weight excluding hydrogens is 383 g/mol. The first kappa shape index (κ1) is 21.9. The Bertz CT molecular complexity index is 344. The minimum atomic E-state index is -7.62. The zero-order valence-electron chi connectivity index (χ0n) is 9.82. The van der Waals surface area contributed by atoms with Gasteiger partial charge in [0.15, 0.2) is 0 Å². The summed E-state index contributed by atoms with van der Waals surface area (Å²) in [5, 5.41) is 0. The smallest absolute Gasteiger partial charge is 0.234 e. The molecule has 0 fully saturated rings. The third kappa shape index (κ3) is 3.13. The van der Waals surface area contributed by atoms with Crippen LogP contribution in [-0.4, -0.2) is 48.0 Å². The van der Waals surface area contributed by atoms with E-state index in [1.165, 1.54) is 0 Å². The summed E-state index contributed by atoms with van der Waals surface area (Å²) in [6.45, 7) is -4.06. The van der Waals surface area contributed by atoms with Crippen LogP contribution >= 0.6 is 0 Å². The van der Waals surface area contributed by atoms with Gasteiger partial charge in [-0.25, -0.2) is 13.2 Å². The molecule has 0 atom stereocenters. The number of nitrogens with zero attached hydrogens (tertiary/aromatic N) is 1. The molecule has 0 heterocycles. The molecular formula is C7H2F15N. The molecule has 0 amide bonds. The Morgan fingerprint density at radius 2 is 0.609 bits per heavy atom. The second-order valence-electron chi connectivity index (χ2n) is 3.78. The Balaban J connectivity index is 6.76. The second-order valence-corrected chi connectivity index (χ2v) is 3.78. The molecule has 0 bridgehead atoms. The molecule has 23 heavy (non-hydrogen) atoms. The highest BCUT2D eigenvalue weighted by Crippen LogP contribution is 2.57. The SMILES string of the molecule is FCN(C(F)(C(F)(F)F)C(F)(F)F)C(F)(C(F)(F)F)C(F)(F)F. The van der Waals surface area contributed by atoms with Crippen molar-refractivity contribution in [3.05, 3.63) is 0 Å². The quantitative estimate of drug-likeness (QED) is 0.499. The zero-order chi connectivity index (χ0) is 19.3. The number of rotatable bonds is 3. The topological polar surface area (TPSA) is 3.24 Å². The highest BCUT2D eigenvalue weighted by molar-refractivity contribution is 5.04. The van der Waals surface area contributed by atoms with Crippen LogP contribution in [0.15, 0.2) is 0 Å². The molecule has 0 rings (SSSR count). The average molecular weight is 385 g/mol. The molecule has 0 saturated heterocycles. The van der Waals surface area contributed by atoms with E-state index in [0.717, 1.165) is 0 Å². The predicted molar refractivity (Wildman–Crippen MR) is 39.7 cm³/mol. The molecule has 0 aromatic rings. The van der Waals surface area contributed by atoms with Gasteiger partial charge in [-0.2, -0.15) is 57.6 Å². The van der Waals surface area contributed by atoms with Crippen molar-refractivity contribution in [3.63, 3.8) is 0 Å². The summed E-state index contributed by atoms with van der Waals surface area (Å²) >= 11 is 0. The molecule has 0 radical (unpaired) electrons. The van der Waals surface area contributed by atoms with Gasteiger partial charge >= 0.3 is 36.3 Å². The molecule has 0 aliphatic heterocycles. The van der Waals surface area contributed by atoms with Crippen molar-refractivity contribution in [2.24, 2.45) is 0 Å². The maximum atomic E-state index is 13.2. The largest absolute Gasteiger partial charge is 0.446 e. The van der Waals surface area contributed by atoms with Crippen molar-refractivity contribution in [2.45, 2.75) is 36.3 Å². The van der Waals surface area contributed by atoms with E-state index in [2.05, 4.69) is 0 Å². The first-order chi connectivity index (χ1) is 9.69. The molecule has 140 valence electrons. The van der Waals surface area contributed by atoms with Crippen LogP contribution < -0.4 is 0 Å². The highest BCUT2D eigenvalue weighted by Gasteiger charge is 2.87. The summed E-state index contributed by atoms with van der Waals surface area (Å²) in [6.07, 6.45) is -30.4. The molecule has 0 aliphatic rings. The van der Waals surface area contributed by atoms with Crippen LogP contribution in [0.3, 0.4) is 0 Å². The Morgan fingerprint density at radius 1 is 0.435 bits per heavy atom. The number of hydrogen-bond donors (Lipinski definition) is 0. The first-order valence-electron chi connectivity index (χ1n) is 4.68. The monoisotopic (exact) mass is 385 g/mol. The molecule has 0 saturated carbocycles. The Kier molecular flexibility index (Phi) is 5.22. The Hall–Kier alpha value is -1.09. The van der Waals surface area contributed by atoms with E-state index < -0.39 is 48.0 Å². The Morgan fingerprint density at radius 3 is 0.696 bits per heavy atom. The second kappa shape index (κ2) is 5.47. The summed E-state index contributed by atoms with van der Waals surface area (Å²) in [7, 11) is 0. The van der Waals surface area contributed by atoms with Gasteiger partial charge in [-0.3, -0.25) is 0 Å². The minimum absolute atomic E-state index is 3.67. The predicted octanol–water partition coefficient (Wildman–Crippen LogP) is 4.80. The summed E-state index contributed by atoms with van der Waals surface area (Å²) in [6, 6.07) is 0. The zero-order valence-corrected chi connectivity index (χ0v) is 9.82. The van der Waals surface area contributed by atoms with E-state index in [4.69, 9.17) is 0 Å².